The summed E-state index contributed by atoms with van der Waals surface area (Å²) in [7, 11) is 0. The molecule has 9 aromatic heterocycles. The van der Waals surface area contributed by atoms with Crippen LogP contribution in [-0.2, 0) is 16.2 Å². The molecule has 9 heterocycles. The van der Waals surface area contributed by atoms with E-state index in [0.29, 0.717) is 41.1 Å². The van der Waals surface area contributed by atoms with Crippen molar-refractivity contribution in [1.29, 1.82) is 0 Å². The van der Waals surface area contributed by atoms with E-state index in [1.54, 1.807) is 12.4 Å². The molecule has 0 amide bonds. The molecule has 0 spiro atoms. The normalized spacial score (nSPS) is 13.2. The van der Waals surface area contributed by atoms with Gasteiger partial charge in [0.2, 0.25) is 17.8 Å². The minimum Gasteiger partial charge on any atom is -0.292 e. The second-order valence-corrected chi connectivity index (χ2v) is 39.8. The quantitative estimate of drug-likeness (QED) is 0.113. The summed E-state index contributed by atoms with van der Waals surface area (Å²) in [5, 5.41) is 7.02. The Morgan fingerprint density at radius 3 is 0.966 bits per heavy atom. The summed E-state index contributed by atoms with van der Waals surface area (Å²) in [5.41, 5.74) is 36.2. The predicted octanol–water partition coefficient (Wildman–Crippen LogP) is 30.7. The van der Waals surface area contributed by atoms with Crippen molar-refractivity contribution in [3.05, 3.63) is 477 Å². The van der Waals surface area contributed by atoms with Gasteiger partial charge in [0.05, 0.1) is 71.9 Å². The molecule has 0 bridgehead atoms. The lowest BCUT2D eigenvalue weighted by molar-refractivity contribution is 0.663. The molecule has 3 aliphatic carbocycles. The van der Waals surface area contributed by atoms with E-state index in [4.69, 9.17) is 54.8 Å². The van der Waals surface area contributed by atoms with E-state index in [9.17, 15) is 0 Å². The Hall–Kier alpha value is -19.3. The number of aromatic nitrogens is 17. The molecule has 148 heavy (non-hydrogen) atoms. The fourth-order valence-corrected chi connectivity index (χ4v) is 23.7. The Bertz CT molecular complexity index is 9890. The molecule has 0 saturated heterocycles. The summed E-state index contributed by atoms with van der Waals surface area (Å²) < 4.78 is 11.4. The van der Waals surface area contributed by atoms with Crippen LogP contribution in [0, 0.1) is 0 Å². The summed E-state index contributed by atoms with van der Waals surface area (Å²) in [6.07, 6.45) is 5.40. The van der Waals surface area contributed by atoms with Crippen LogP contribution in [0.1, 0.15) is 74.9 Å². The maximum atomic E-state index is 5.51. The SMILES string of the molecule is CC1(C)c2ccc3c(nc(-c4ccccc4)n3-c3ccccc3)c2-c2ccc3c4ccccc4n(-c4nc(-c5ccccc5)nc(-c5ccccc5)n4)c3c21.CC1(C)c2ccc3nc(-c4ccccc4)n(-c4ccccc4)c3c2-c2ccc3c4ccccc4n(-c4nc(-c5ccccc5)nc(-c5ccccc5)n4)c3c21.CC1(C)c2ccc3nccnc3c2-c2ccc3c4ccccc4n(-c4nccc(-c5ccccc5)n4)c3c21. The minimum atomic E-state index is -0.374. The number of benzene rings is 18. The smallest absolute Gasteiger partial charge is 0.238 e. The Labute approximate surface area is 852 Å². The van der Waals surface area contributed by atoms with Crippen molar-refractivity contribution in [2.24, 2.45) is 0 Å². The molecule has 0 atom stereocenters. The fourth-order valence-electron chi connectivity index (χ4n) is 23.7. The van der Waals surface area contributed by atoms with Gasteiger partial charge in [0.15, 0.2) is 23.3 Å². The number of para-hydroxylation sites is 5. The third-order valence-electron chi connectivity index (χ3n) is 30.3. The zero-order valence-corrected chi connectivity index (χ0v) is 81.7. The summed E-state index contributed by atoms with van der Waals surface area (Å²) in [5.74, 6) is 6.21. The molecule has 0 saturated carbocycles. The first kappa shape index (κ1) is 86.6. The third-order valence-corrected chi connectivity index (χ3v) is 30.3. The van der Waals surface area contributed by atoms with E-state index in [2.05, 4.69) is 397 Å². The molecule has 0 aliphatic heterocycles. The maximum absolute atomic E-state index is 5.51. The summed E-state index contributed by atoms with van der Waals surface area (Å²) in [6, 6.07) is 148. The van der Waals surface area contributed by atoms with Gasteiger partial charge < -0.3 is 0 Å². The molecule has 17 heteroatoms. The Morgan fingerprint density at radius 2 is 0.534 bits per heavy atom. The monoisotopic (exact) mass is 1900 g/mol. The molecule has 0 N–H and O–H groups in total. The van der Waals surface area contributed by atoms with E-state index in [-0.39, 0.29) is 16.2 Å². The molecule has 27 aromatic rings. The molecule has 3 aliphatic rings. The fraction of sp³-hybridized carbons (Fsp3) is 0.0687. The molecule has 0 unspecified atom stereocenters. The van der Waals surface area contributed by atoms with Crippen molar-refractivity contribution in [2.45, 2.75) is 57.8 Å². The summed E-state index contributed by atoms with van der Waals surface area (Å²) >= 11 is 0. The zero-order valence-electron chi connectivity index (χ0n) is 81.7. The summed E-state index contributed by atoms with van der Waals surface area (Å²) in [4.78, 5) is 61.2. The number of rotatable bonds is 12. The first-order valence-corrected chi connectivity index (χ1v) is 50.2. The van der Waals surface area contributed by atoms with Gasteiger partial charge in [-0.15, -0.1) is 0 Å². The minimum absolute atomic E-state index is 0.251. The zero-order chi connectivity index (χ0) is 98.8. The van der Waals surface area contributed by atoms with E-state index < -0.39 is 0 Å². The average molecular weight is 1900 g/mol. The number of imidazole rings is 2. The Kier molecular flexibility index (Phi) is 19.9. The topological polar surface area (TPSA) is 179 Å². The second-order valence-electron chi connectivity index (χ2n) is 39.8. The van der Waals surface area contributed by atoms with Gasteiger partial charge in [0.1, 0.15) is 11.6 Å². The van der Waals surface area contributed by atoms with Gasteiger partial charge in [-0.25, -0.2) is 29.9 Å². The van der Waals surface area contributed by atoms with Crippen molar-refractivity contribution in [1.82, 2.24) is 82.6 Å². The van der Waals surface area contributed by atoms with E-state index >= 15 is 0 Å². The lowest BCUT2D eigenvalue weighted by Gasteiger charge is -2.23. The Balaban J connectivity index is 0.000000109. The van der Waals surface area contributed by atoms with Gasteiger partial charge in [-0.05, 0) is 117 Å². The van der Waals surface area contributed by atoms with E-state index in [1.165, 1.54) is 77.5 Å². The number of hydrogen-bond acceptors (Lipinski definition) is 12. The molecule has 700 valence electrons. The van der Waals surface area contributed by atoms with Crippen LogP contribution in [0.15, 0.2) is 443 Å². The van der Waals surface area contributed by atoms with Gasteiger partial charge >= 0.3 is 0 Å². The van der Waals surface area contributed by atoms with Crippen LogP contribution in [0.3, 0.4) is 0 Å². The van der Waals surface area contributed by atoms with Crippen LogP contribution >= 0.6 is 0 Å². The molecular formula is C131H91N17. The van der Waals surface area contributed by atoms with Crippen molar-refractivity contribution < 1.29 is 0 Å². The molecular weight excluding hydrogens is 1810 g/mol. The molecule has 18 aromatic carbocycles. The highest BCUT2D eigenvalue weighted by Crippen LogP contribution is 2.60. The highest BCUT2D eigenvalue weighted by atomic mass is 15.2. The molecule has 30 rings (SSSR count). The second kappa shape index (κ2) is 34.0. The number of hydrogen-bond donors (Lipinski definition) is 0. The van der Waals surface area contributed by atoms with Crippen molar-refractivity contribution in [2.75, 3.05) is 0 Å². The highest BCUT2D eigenvalue weighted by molar-refractivity contribution is 6.18. The first-order valence-electron chi connectivity index (χ1n) is 50.2. The van der Waals surface area contributed by atoms with Gasteiger partial charge in [-0.2, -0.15) is 19.9 Å². The van der Waals surface area contributed by atoms with Crippen molar-refractivity contribution >= 4 is 98.5 Å². The van der Waals surface area contributed by atoms with Gasteiger partial charge in [0.25, 0.3) is 0 Å². The van der Waals surface area contributed by atoms with Crippen LogP contribution in [0.5, 0.6) is 0 Å². The number of nitrogens with zero attached hydrogens (tertiary/aromatic N) is 17. The van der Waals surface area contributed by atoms with E-state index in [0.717, 1.165) is 155 Å². The van der Waals surface area contributed by atoms with Gasteiger partial charge in [-0.3, -0.25) is 32.8 Å². The third kappa shape index (κ3) is 13.5. The molecule has 17 nitrogen and oxygen atoms in total. The van der Waals surface area contributed by atoms with E-state index in [1.807, 2.05) is 103 Å². The molecule has 0 radical (unpaired) electrons. The van der Waals surface area contributed by atoms with Crippen LogP contribution in [0.4, 0.5) is 0 Å². The molecule has 0 fully saturated rings. The van der Waals surface area contributed by atoms with Crippen molar-refractivity contribution in [3.8, 4) is 142 Å². The van der Waals surface area contributed by atoms with Crippen LogP contribution in [0.2, 0.25) is 0 Å². The number of fused-ring (bicyclic) bond motifs is 27. The predicted molar refractivity (Wildman–Crippen MR) is 598 cm³/mol. The lowest BCUT2D eigenvalue weighted by Crippen LogP contribution is -2.17. The maximum Gasteiger partial charge on any atom is 0.238 e. The van der Waals surface area contributed by atoms with Crippen molar-refractivity contribution in [3.63, 3.8) is 0 Å². The highest BCUT2D eigenvalue weighted by Gasteiger charge is 2.45. The van der Waals surface area contributed by atoms with Crippen LogP contribution < -0.4 is 0 Å². The summed E-state index contributed by atoms with van der Waals surface area (Å²) in [6.45, 7) is 14.0. The first-order chi connectivity index (χ1) is 72.7. The largest absolute Gasteiger partial charge is 0.292 e. The Morgan fingerprint density at radius 1 is 0.196 bits per heavy atom. The average Bonchev–Trinajstić information content (AvgIpc) is 1.54. The lowest BCUT2D eigenvalue weighted by atomic mass is 9.81. The van der Waals surface area contributed by atoms with Gasteiger partial charge in [0, 0.05) is 134 Å². The van der Waals surface area contributed by atoms with Gasteiger partial charge in [-0.1, -0.05) is 399 Å². The van der Waals surface area contributed by atoms with Crippen LogP contribution in [0.25, 0.3) is 241 Å². The standard InChI is InChI=1S/2C49H34N6.C33H23N5/c1-49(2)38-29-30-39-44(54(34-23-13-6-14-24-34)47(50-39)33-21-11-5-12-22-33)41(38)37-28-27-36-35-25-15-16-26-40(35)55(43(36)42(37)49)48-52-45(31-17-7-3-8-18-31)51-46(53-48)32-19-9-4-10-20-32;1-49(2)38-29-30-40-43(50-47(33-21-11-5-12-22-33)54(40)34-23-13-6-14-24-34)41(38)37-28-27-36-35-25-15-16-26-39(35)55(44(36)42(37)49)48-52-45(31-17-7-3-8-18-31)51-46(53-48)32-19-9-4-10-20-32;1-33(2)24-14-15-26-30(35-19-18-34-26)28(24)23-13-12-22-21-10-6-7-11-27(21)38(31(22)29(23)33)32-36-17-16-25(37-32)20-8-4-3-5-9-20/h2*3-30H,1-2H3;3-19H,1-2H3. The van der Waals surface area contributed by atoms with Crippen LogP contribution in [-0.4, -0.2) is 82.6 Å².